The monoisotopic (exact) mass is 498 g/mol. The SMILES string of the molecule is COc1cc(C(O)CCC(O)c2cc(OC)c(OC)c(OCc3ccccc3)c2)cc(OC)c1OC. The Kier molecular flexibility index (Phi) is 9.67. The average Bonchev–Trinajstić information content (AvgIpc) is 2.93. The van der Waals surface area contributed by atoms with E-state index in [-0.39, 0.29) is 12.8 Å². The fourth-order valence-corrected chi connectivity index (χ4v) is 3.93. The van der Waals surface area contributed by atoms with Crippen LogP contribution >= 0.6 is 0 Å². The van der Waals surface area contributed by atoms with Crippen LogP contribution < -0.4 is 28.4 Å². The van der Waals surface area contributed by atoms with E-state index in [2.05, 4.69) is 0 Å². The Balaban J connectivity index is 1.77. The molecule has 36 heavy (non-hydrogen) atoms. The van der Waals surface area contributed by atoms with E-state index >= 15 is 0 Å². The molecule has 3 aromatic rings. The number of rotatable bonds is 13. The number of hydrogen-bond acceptors (Lipinski definition) is 8. The van der Waals surface area contributed by atoms with Crippen LogP contribution in [-0.4, -0.2) is 45.8 Å². The van der Waals surface area contributed by atoms with Crippen LogP contribution in [0, 0.1) is 0 Å². The lowest BCUT2D eigenvalue weighted by Crippen LogP contribution is -2.06. The first-order valence-electron chi connectivity index (χ1n) is 11.5. The van der Waals surface area contributed by atoms with Gasteiger partial charge in [-0.25, -0.2) is 0 Å². The molecule has 0 fully saturated rings. The van der Waals surface area contributed by atoms with Crippen molar-refractivity contribution >= 4 is 0 Å². The highest BCUT2D eigenvalue weighted by atomic mass is 16.5. The molecule has 2 unspecified atom stereocenters. The molecule has 8 nitrogen and oxygen atoms in total. The fraction of sp³-hybridized carbons (Fsp3) is 0.357. The van der Waals surface area contributed by atoms with Gasteiger partial charge in [-0.3, -0.25) is 0 Å². The summed E-state index contributed by atoms with van der Waals surface area (Å²) in [6.45, 7) is 0.333. The van der Waals surface area contributed by atoms with Gasteiger partial charge in [0.2, 0.25) is 11.5 Å². The maximum Gasteiger partial charge on any atom is 0.203 e. The molecule has 0 saturated carbocycles. The summed E-state index contributed by atoms with van der Waals surface area (Å²) in [4.78, 5) is 0. The number of benzene rings is 3. The maximum absolute atomic E-state index is 11.0. The van der Waals surface area contributed by atoms with Gasteiger partial charge in [0.05, 0.1) is 47.8 Å². The first-order valence-corrected chi connectivity index (χ1v) is 11.5. The second-order valence-corrected chi connectivity index (χ2v) is 8.10. The number of ether oxygens (including phenoxy) is 6. The van der Waals surface area contributed by atoms with E-state index in [1.807, 2.05) is 30.3 Å². The van der Waals surface area contributed by atoms with Crippen LogP contribution in [0.25, 0.3) is 0 Å². The molecule has 0 aromatic heterocycles. The Labute approximate surface area is 211 Å². The summed E-state index contributed by atoms with van der Waals surface area (Å²) in [6, 6.07) is 16.6. The highest BCUT2D eigenvalue weighted by Crippen LogP contribution is 2.43. The van der Waals surface area contributed by atoms with E-state index in [9.17, 15) is 10.2 Å². The Morgan fingerprint density at radius 2 is 1.00 bits per heavy atom. The van der Waals surface area contributed by atoms with Gasteiger partial charge in [0, 0.05) is 0 Å². The summed E-state index contributed by atoms with van der Waals surface area (Å²) in [6.07, 6.45) is -1.16. The predicted molar refractivity (Wildman–Crippen MR) is 136 cm³/mol. The molecule has 194 valence electrons. The van der Waals surface area contributed by atoms with Crippen molar-refractivity contribution in [1.82, 2.24) is 0 Å². The number of aliphatic hydroxyl groups excluding tert-OH is 2. The molecular weight excluding hydrogens is 464 g/mol. The molecule has 3 rings (SSSR count). The van der Waals surface area contributed by atoms with E-state index in [0.717, 1.165) is 5.56 Å². The molecule has 3 aromatic carbocycles. The van der Waals surface area contributed by atoms with Gasteiger partial charge in [-0.05, 0) is 53.8 Å². The van der Waals surface area contributed by atoms with Crippen molar-refractivity contribution in [3.63, 3.8) is 0 Å². The maximum atomic E-state index is 11.0. The molecule has 0 bridgehead atoms. The molecule has 0 heterocycles. The van der Waals surface area contributed by atoms with Crippen molar-refractivity contribution in [2.24, 2.45) is 0 Å². The molecule has 0 aliphatic rings. The zero-order valence-corrected chi connectivity index (χ0v) is 21.3. The molecule has 0 amide bonds. The largest absolute Gasteiger partial charge is 0.493 e. The fourth-order valence-electron chi connectivity index (χ4n) is 3.93. The zero-order valence-electron chi connectivity index (χ0n) is 21.3. The minimum absolute atomic E-state index is 0.283. The van der Waals surface area contributed by atoms with Gasteiger partial charge in [-0.1, -0.05) is 30.3 Å². The third-order valence-electron chi connectivity index (χ3n) is 5.87. The third-order valence-corrected chi connectivity index (χ3v) is 5.87. The van der Waals surface area contributed by atoms with Gasteiger partial charge in [0.25, 0.3) is 0 Å². The van der Waals surface area contributed by atoms with Gasteiger partial charge >= 0.3 is 0 Å². The number of aliphatic hydroxyl groups is 2. The van der Waals surface area contributed by atoms with Crippen molar-refractivity contribution in [3.05, 3.63) is 71.3 Å². The lowest BCUT2D eigenvalue weighted by molar-refractivity contribution is 0.114. The van der Waals surface area contributed by atoms with Crippen LogP contribution in [0.5, 0.6) is 34.5 Å². The summed E-state index contributed by atoms with van der Waals surface area (Å²) in [7, 11) is 7.63. The average molecular weight is 499 g/mol. The van der Waals surface area contributed by atoms with Gasteiger partial charge in [-0.15, -0.1) is 0 Å². The molecular formula is C28H34O8. The second-order valence-electron chi connectivity index (χ2n) is 8.10. The van der Waals surface area contributed by atoms with E-state index in [1.54, 1.807) is 24.3 Å². The van der Waals surface area contributed by atoms with E-state index in [1.165, 1.54) is 35.5 Å². The first kappa shape index (κ1) is 27.0. The Bertz CT molecular complexity index is 1090. The van der Waals surface area contributed by atoms with Crippen molar-refractivity contribution in [2.75, 3.05) is 35.5 Å². The van der Waals surface area contributed by atoms with E-state index in [0.29, 0.717) is 52.2 Å². The quantitative estimate of drug-likeness (QED) is 0.345. The number of hydrogen-bond donors (Lipinski definition) is 2. The van der Waals surface area contributed by atoms with Gasteiger partial charge in [0.1, 0.15) is 6.61 Å². The third kappa shape index (κ3) is 6.33. The van der Waals surface area contributed by atoms with Gasteiger partial charge in [0.15, 0.2) is 23.0 Å². The minimum Gasteiger partial charge on any atom is -0.493 e. The van der Waals surface area contributed by atoms with Crippen molar-refractivity contribution in [1.29, 1.82) is 0 Å². The van der Waals surface area contributed by atoms with Crippen molar-refractivity contribution < 1.29 is 38.6 Å². The summed E-state index contributed by atoms with van der Waals surface area (Å²) in [5.74, 6) is 2.70. The second kappa shape index (κ2) is 12.9. The van der Waals surface area contributed by atoms with Crippen LogP contribution in [0.1, 0.15) is 41.7 Å². The molecule has 0 aliphatic heterocycles. The first-order chi connectivity index (χ1) is 17.4. The highest BCUT2D eigenvalue weighted by Gasteiger charge is 2.21. The lowest BCUT2D eigenvalue weighted by atomic mass is 9.98. The summed E-state index contributed by atoms with van der Waals surface area (Å²) < 4.78 is 33.1. The topological polar surface area (TPSA) is 95.8 Å². The van der Waals surface area contributed by atoms with Gasteiger partial charge < -0.3 is 38.6 Å². The van der Waals surface area contributed by atoms with E-state index in [4.69, 9.17) is 28.4 Å². The van der Waals surface area contributed by atoms with E-state index < -0.39 is 12.2 Å². The molecule has 2 atom stereocenters. The minimum atomic E-state index is -0.874. The highest BCUT2D eigenvalue weighted by molar-refractivity contribution is 5.55. The summed E-state index contributed by atoms with van der Waals surface area (Å²) in [5.41, 5.74) is 2.18. The van der Waals surface area contributed by atoms with Crippen molar-refractivity contribution in [3.8, 4) is 34.5 Å². The standard InChI is InChI=1S/C28H34O8/c1-31-23-13-19(14-24(32-2)27(23)34-4)21(29)11-12-22(30)20-15-25(33-3)28(35-5)26(16-20)36-17-18-9-7-6-8-10-18/h6-10,13-16,21-22,29-30H,11-12,17H2,1-5H3. The molecule has 8 heteroatoms. The van der Waals surface area contributed by atoms with Crippen molar-refractivity contribution in [2.45, 2.75) is 31.7 Å². The van der Waals surface area contributed by atoms with Crippen LogP contribution in [0.4, 0.5) is 0 Å². The van der Waals surface area contributed by atoms with Crippen LogP contribution in [0.2, 0.25) is 0 Å². The van der Waals surface area contributed by atoms with Crippen LogP contribution in [0.3, 0.4) is 0 Å². The Hall–Kier alpha value is -3.62. The summed E-state index contributed by atoms with van der Waals surface area (Å²) >= 11 is 0. The smallest absolute Gasteiger partial charge is 0.203 e. The molecule has 0 saturated heterocycles. The van der Waals surface area contributed by atoms with Gasteiger partial charge in [-0.2, -0.15) is 0 Å². The molecule has 2 N–H and O–H groups in total. The Morgan fingerprint density at radius 1 is 0.583 bits per heavy atom. The molecule has 0 spiro atoms. The zero-order chi connectivity index (χ0) is 26.1. The number of methoxy groups -OCH3 is 5. The molecule has 0 radical (unpaired) electrons. The van der Waals surface area contributed by atoms with Crippen LogP contribution in [0.15, 0.2) is 54.6 Å². The predicted octanol–water partition coefficient (Wildman–Crippen LogP) is 4.86. The Morgan fingerprint density at radius 3 is 1.42 bits per heavy atom. The molecule has 0 aliphatic carbocycles. The van der Waals surface area contributed by atoms with Crippen LogP contribution in [-0.2, 0) is 6.61 Å². The normalized spacial score (nSPS) is 12.4. The summed E-state index contributed by atoms with van der Waals surface area (Å²) in [5, 5.41) is 21.8. The lowest BCUT2D eigenvalue weighted by Gasteiger charge is -2.20.